The van der Waals surface area contributed by atoms with Crippen molar-refractivity contribution < 1.29 is 0 Å². The Hall–Kier alpha value is -2.05. The first-order chi connectivity index (χ1) is 11.4. The van der Waals surface area contributed by atoms with Gasteiger partial charge in [-0.2, -0.15) is 0 Å². The molecule has 23 heavy (non-hydrogen) atoms. The SMILES string of the molecule is C(#CN1CCCCC1)CN1c2ccccc2Sc2ccccc21. The Kier molecular flexibility index (Phi) is 4.17. The molecule has 2 aliphatic heterocycles. The summed E-state index contributed by atoms with van der Waals surface area (Å²) in [5.74, 6) is 3.40. The second-order valence-corrected chi connectivity index (χ2v) is 7.04. The lowest BCUT2D eigenvalue weighted by Crippen LogP contribution is -2.26. The molecule has 0 aromatic heterocycles. The van der Waals surface area contributed by atoms with Crippen molar-refractivity contribution in [2.75, 3.05) is 24.5 Å². The van der Waals surface area contributed by atoms with Crippen LogP contribution < -0.4 is 4.90 Å². The topological polar surface area (TPSA) is 6.48 Å². The number of fused-ring (bicyclic) bond motifs is 2. The predicted octanol–water partition coefficient (Wildman–Crippen LogP) is 4.74. The van der Waals surface area contributed by atoms with Crippen molar-refractivity contribution in [3.63, 3.8) is 0 Å². The molecule has 1 saturated heterocycles. The Labute approximate surface area is 142 Å². The van der Waals surface area contributed by atoms with E-state index in [-0.39, 0.29) is 0 Å². The van der Waals surface area contributed by atoms with Crippen molar-refractivity contribution >= 4 is 23.1 Å². The number of piperidine rings is 1. The third-order valence-electron chi connectivity index (χ3n) is 4.36. The van der Waals surface area contributed by atoms with Crippen molar-refractivity contribution in [1.82, 2.24) is 4.90 Å². The molecule has 0 amide bonds. The number of rotatable bonds is 1. The Morgan fingerprint density at radius 2 is 1.43 bits per heavy atom. The molecule has 0 radical (unpaired) electrons. The second kappa shape index (κ2) is 6.60. The third-order valence-corrected chi connectivity index (χ3v) is 5.49. The first-order valence-corrected chi connectivity index (χ1v) is 9.10. The molecular weight excluding hydrogens is 300 g/mol. The summed E-state index contributed by atoms with van der Waals surface area (Å²) in [6.07, 6.45) is 3.91. The summed E-state index contributed by atoms with van der Waals surface area (Å²) >= 11 is 1.85. The van der Waals surface area contributed by atoms with E-state index >= 15 is 0 Å². The van der Waals surface area contributed by atoms with Gasteiger partial charge in [-0.3, -0.25) is 0 Å². The molecule has 4 rings (SSSR count). The summed E-state index contributed by atoms with van der Waals surface area (Å²) in [5, 5.41) is 0. The maximum atomic E-state index is 3.40. The van der Waals surface area contributed by atoms with Crippen LogP contribution in [0, 0.1) is 12.0 Å². The van der Waals surface area contributed by atoms with Crippen molar-refractivity contribution in [2.45, 2.75) is 29.1 Å². The van der Waals surface area contributed by atoms with Crippen LogP contribution in [0.4, 0.5) is 11.4 Å². The number of nitrogens with zero attached hydrogens (tertiary/aromatic N) is 2. The summed E-state index contributed by atoms with van der Waals surface area (Å²) < 4.78 is 0. The van der Waals surface area contributed by atoms with E-state index in [9.17, 15) is 0 Å². The van der Waals surface area contributed by atoms with E-state index in [2.05, 4.69) is 70.3 Å². The molecule has 2 aromatic rings. The molecular formula is C20H20N2S. The third kappa shape index (κ3) is 3.04. The lowest BCUT2D eigenvalue weighted by Gasteiger charge is -2.31. The number of benzene rings is 2. The van der Waals surface area contributed by atoms with E-state index < -0.39 is 0 Å². The van der Waals surface area contributed by atoms with Gasteiger partial charge in [-0.25, -0.2) is 0 Å². The summed E-state index contributed by atoms with van der Waals surface area (Å²) in [4.78, 5) is 7.25. The maximum absolute atomic E-state index is 3.40. The summed E-state index contributed by atoms with van der Waals surface area (Å²) in [7, 11) is 0. The molecule has 0 saturated carbocycles. The van der Waals surface area contributed by atoms with Gasteiger partial charge in [-0.05, 0) is 43.5 Å². The van der Waals surface area contributed by atoms with Gasteiger partial charge in [0.2, 0.25) is 0 Å². The molecule has 2 aliphatic rings. The summed E-state index contributed by atoms with van der Waals surface area (Å²) in [5.41, 5.74) is 2.54. The van der Waals surface area contributed by atoms with E-state index in [4.69, 9.17) is 0 Å². The lowest BCUT2D eigenvalue weighted by molar-refractivity contribution is 0.326. The minimum Gasteiger partial charge on any atom is -0.333 e. The molecule has 0 spiro atoms. The standard InChI is InChI=1S/C20H20N2S/c1-6-13-21(14-7-1)15-8-16-22-17-9-2-4-11-19(17)23-20-12-5-3-10-18(20)22/h2-5,9-12H,1,6-7,13-14,16H2. The zero-order chi connectivity index (χ0) is 15.5. The number of likely N-dealkylation sites (tertiary alicyclic amines) is 1. The van der Waals surface area contributed by atoms with Gasteiger partial charge in [-0.15, -0.1) is 0 Å². The molecule has 2 aromatic carbocycles. The molecule has 0 aliphatic carbocycles. The Morgan fingerprint density at radius 1 is 0.826 bits per heavy atom. The highest BCUT2D eigenvalue weighted by Crippen LogP contribution is 2.47. The van der Waals surface area contributed by atoms with Crippen LogP contribution in [0.2, 0.25) is 0 Å². The second-order valence-electron chi connectivity index (χ2n) is 5.96. The van der Waals surface area contributed by atoms with Crippen LogP contribution in [-0.2, 0) is 0 Å². The predicted molar refractivity (Wildman–Crippen MR) is 97.2 cm³/mol. The molecule has 2 nitrogen and oxygen atoms in total. The van der Waals surface area contributed by atoms with Crippen LogP contribution in [0.3, 0.4) is 0 Å². The molecule has 0 bridgehead atoms. The minimum atomic E-state index is 0.741. The fourth-order valence-electron chi connectivity index (χ4n) is 3.18. The fourth-order valence-corrected chi connectivity index (χ4v) is 4.28. The Balaban J connectivity index is 1.61. The van der Waals surface area contributed by atoms with Crippen LogP contribution in [0.15, 0.2) is 58.3 Å². The number of anilines is 2. The van der Waals surface area contributed by atoms with Crippen LogP contribution in [0.25, 0.3) is 0 Å². The largest absolute Gasteiger partial charge is 0.333 e. The van der Waals surface area contributed by atoms with E-state index in [1.165, 1.54) is 40.4 Å². The fraction of sp³-hybridized carbons (Fsp3) is 0.300. The van der Waals surface area contributed by atoms with Gasteiger partial charge in [0.25, 0.3) is 0 Å². The lowest BCUT2D eigenvalue weighted by atomic mass is 10.1. The van der Waals surface area contributed by atoms with E-state index in [0.717, 1.165) is 19.6 Å². The highest BCUT2D eigenvalue weighted by atomic mass is 32.2. The van der Waals surface area contributed by atoms with Crippen molar-refractivity contribution in [2.24, 2.45) is 0 Å². The molecule has 2 heterocycles. The van der Waals surface area contributed by atoms with Crippen LogP contribution in [0.5, 0.6) is 0 Å². The van der Waals surface area contributed by atoms with Gasteiger partial charge in [-0.1, -0.05) is 41.9 Å². The van der Waals surface area contributed by atoms with Gasteiger partial charge in [0.05, 0.1) is 17.9 Å². The Bertz CT molecular complexity index is 708. The first-order valence-electron chi connectivity index (χ1n) is 8.29. The zero-order valence-electron chi connectivity index (χ0n) is 13.2. The average Bonchev–Trinajstić information content (AvgIpc) is 2.62. The minimum absolute atomic E-state index is 0.741. The zero-order valence-corrected chi connectivity index (χ0v) is 14.0. The number of hydrogen-bond acceptors (Lipinski definition) is 3. The number of hydrogen-bond donors (Lipinski definition) is 0. The van der Waals surface area contributed by atoms with Crippen molar-refractivity contribution in [1.29, 1.82) is 0 Å². The van der Waals surface area contributed by atoms with Crippen molar-refractivity contribution in [3.8, 4) is 12.0 Å². The maximum Gasteiger partial charge on any atom is 0.0862 e. The Morgan fingerprint density at radius 3 is 2.09 bits per heavy atom. The monoisotopic (exact) mass is 320 g/mol. The van der Waals surface area contributed by atoms with Crippen LogP contribution in [-0.4, -0.2) is 24.5 Å². The molecule has 0 unspecified atom stereocenters. The molecule has 3 heteroatoms. The number of para-hydroxylation sites is 2. The molecule has 116 valence electrons. The van der Waals surface area contributed by atoms with Crippen molar-refractivity contribution in [3.05, 3.63) is 48.5 Å². The molecule has 0 N–H and O–H groups in total. The first kappa shape index (κ1) is 14.5. The summed E-state index contributed by atoms with van der Waals surface area (Å²) in [6, 6.07) is 20.6. The normalized spacial score (nSPS) is 16.2. The van der Waals surface area contributed by atoms with Gasteiger partial charge in [0.1, 0.15) is 0 Å². The van der Waals surface area contributed by atoms with E-state index in [1.54, 1.807) is 0 Å². The van der Waals surface area contributed by atoms with Gasteiger partial charge < -0.3 is 9.80 Å². The van der Waals surface area contributed by atoms with Gasteiger partial charge in [0, 0.05) is 28.9 Å². The van der Waals surface area contributed by atoms with Crippen LogP contribution >= 0.6 is 11.8 Å². The molecule has 0 atom stereocenters. The highest BCUT2D eigenvalue weighted by molar-refractivity contribution is 7.99. The average molecular weight is 320 g/mol. The molecule has 1 fully saturated rings. The van der Waals surface area contributed by atoms with Gasteiger partial charge >= 0.3 is 0 Å². The smallest absolute Gasteiger partial charge is 0.0862 e. The van der Waals surface area contributed by atoms with E-state index in [1.807, 2.05) is 11.8 Å². The van der Waals surface area contributed by atoms with E-state index in [0.29, 0.717) is 0 Å². The van der Waals surface area contributed by atoms with Gasteiger partial charge in [0.15, 0.2) is 0 Å². The van der Waals surface area contributed by atoms with Crippen LogP contribution in [0.1, 0.15) is 19.3 Å². The quantitative estimate of drug-likeness (QED) is 0.701. The summed E-state index contributed by atoms with van der Waals surface area (Å²) in [6.45, 7) is 2.98. The highest BCUT2D eigenvalue weighted by Gasteiger charge is 2.21.